The molecule has 0 unspecified atom stereocenters. The summed E-state index contributed by atoms with van der Waals surface area (Å²) in [5, 5.41) is 0. The van der Waals surface area contributed by atoms with Crippen LogP contribution in [0.4, 0.5) is 17.6 Å². The normalized spacial score (nSPS) is 14.0. The van der Waals surface area contributed by atoms with Gasteiger partial charge in [0.15, 0.2) is 0 Å². The van der Waals surface area contributed by atoms with Gasteiger partial charge in [-0.25, -0.2) is 0 Å². The van der Waals surface area contributed by atoms with E-state index in [1.165, 1.54) is 0 Å². The summed E-state index contributed by atoms with van der Waals surface area (Å²) < 4.78 is 88.0. The monoisotopic (exact) mass is 246 g/mol. The molecule has 0 aliphatic carbocycles. The average molecular weight is 246 g/mol. The fraction of sp³-hybridized carbons (Fsp3) is 1.00. The van der Waals surface area contributed by atoms with Crippen LogP contribution in [0, 0.1) is 0 Å². The maximum atomic E-state index is 11.4. The third kappa shape index (κ3) is 3.44. The van der Waals surface area contributed by atoms with Crippen molar-refractivity contribution in [2.75, 3.05) is 0 Å². The largest absolute Gasteiger partial charge is 0.362 e. The first-order chi connectivity index (χ1) is 5.59. The van der Waals surface area contributed by atoms with Crippen molar-refractivity contribution in [2.45, 2.75) is 11.5 Å². The lowest BCUT2D eigenvalue weighted by atomic mass is 11.7. The Bertz CT molecular complexity index is 318. The Balaban J connectivity index is 4.86. The Labute approximate surface area is 70.5 Å². The summed E-state index contributed by atoms with van der Waals surface area (Å²) in [6.45, 7) is 0. The van der Waals surface area contributed by atoms with Crippen molar-refractivity contribution in [3.8, 4) is 0 Å². The molecule has 0 bridgehead atoms. The van der Waals surface area contributed by atoms with Crippen molar-refractivity contribution in [3.05, 3.63) is 0 Å². The SMILES string of the molecule is O=S(=O)(OS(=O)(=O)C(F)F)C(F)F. The average Bonchev–Trinajstić information content (AvgIpc) is 1.83. The molecule has 0 rings (SSSR count). The molecule has 80 valence electrons. The minimum atomic E-state index is -5.80. The van der Waals surface area contributed by atoms with Crippen LogP contribution < -0.4 is 0 Å². The minimum absolute atomic E-state index is 2.59. The first-order valence-electron chi connectivity index (χ1n) is 2.34. The van der Waals surface area contributed by atoms with Crippen molar-refractivity contribution >= 4 is 20.2 Å². The van der Waals surface area contributed by atoms with E-state index < -0.39 is 31.8 Å². The lowest BCUT2D eigenvalue weighted by Gasteiger charge is -2.03. The first kappa shape index (κ1) is 12.6. The van der Waals surface area contributed by atoms with Crippen LogP contribution in [0.2, 0.25) is 0 Å². The van der Waals surface area contributed by atoms with E-state index in [2.05, 4.69) is 3.63 Å². The van der Waals surface area contributed by atoms with E-state index in [0.717, 1.165) is 0 Å². The van der Waals surface area contributed by atoms with E-state index in [1.807, 2.05) is 0 Å². The molecule has 0 amide bonds. The van der Waals surface area contributed by atoms with Crippen LogP contribution in [0.5, 0.6) is 0 Å². The zero-order valence-corrected chi connectivity index (χ0v) is 7.16. The van der Waals surface area contributed by atoms with Crippen molar-refractivity contribution in [2.24, 2.45) is 0 Å². The first-order valence-corrected chi connectivity index (χ1v) is 5.29. The minimum Gasteiger partial charge on any atom is -0.192 e. The molecule has 11 heteroatoms. The summed E-state index contributed by atoms with van der Waals surface area (Å²) in [5.74, 6) is -8.39. The predicted octanol–water partition coefficient (Wildman–Crippen LogP) is 0.108. The van der Waals surface area contributed by atoms with Gasteiger partial charge < -0.3 is 0 Å². The van der Waals surface area contributed by atoms with Gasteiger partial charge in [0.05, 0.1) is 0 Å². The second kappa shape index (κ2) is 3.75. The van der Waals surface area contributed by atoms with E-state index in [4.69, 9.17) is 0 Å². The molecule has 0 fully saturated rings. The standard InChI is InChI=1S/C2H2F4O5S2/c3-1(4)12(7,8)11-13(9,10)2(5)6/h1-2H. The summed E-state index contributed by atoms with van der Waals surface area (Å²) in [4.78, 5) is 0. The second-order valence-corrected chi connectivity index (χ2v) is 4.80. The van der Waals surface area contributed by atoms with E-state index >= 15 is 0 Å². The maximum absolute atomic E-state index is 11.4. The van der Waals surface area contributed by atoms with Gasteiger partial charge in [-0.05, 0) is 0 Å². The topological polar surface area (TPSA) is 77.5 Å². The summed E-state index contributed by atoms with van der Waals surface area (Å²) in [6.07, 6.45) is 0. The fourth-order valence-corrected chi connectivity index (χ4v) is 1.72. The molecule has 0 aliphatic heterocycles. The van der Waals surface area contributed by atoms with Crippen molar-refractivity contribution in [1.29, 1.82) is 0 Å². The molecule has 0 spiro atoms. The van der Waals surface area contributed by atoms with E-state index in [-0.39, 0.29) is 0 Å². The molecule has 0 aromatic rings. The van der Waals surface area contributed by atoms with Crippen LogP contribution in [0.15, 0.2) is 0 Å². The summed E-state index contributed by atoms with van der Waals surface area (Å²) in [7, 11) is -11.6. The van der Waals surface area contributed by atoms with E-state index in [9.17, 15) is 34.4 Å². The molecular formula is C2H2F4O5S2. The highest BCUT2D eigenvalue weighted by molar-refractivity contribution is 8.00. The fourth-order valence-electron chi connectivity index (χ4n) is 0.192. The lowest BCUT2D eigenvalue weighted by molar-refractivity contribution is 0.204. The molecule has 13 heavy (non-hydrogen) atoms. The second-order valence-electron chi connectivity index (χ2n) is 1.57. The molecule has 5 nitrogen and oxygen atoms in total. The Morgan fingerprint density at radius 3 is 1.15 bits per heavy atom. The number of hydrogen-bond donors (Lipinski definition) is 0. The van der Waals surface area contributed by atoms with Gasteiger partial charge in [0, 0.05) is 0 Å². The molecule has 0 aliphatic rings. The smallest absolute Gasteiger partial charge is 0.192 e. The predicted molar refractivity (Wildman–Crippen MR) is 30.9 cm³/mol. The molecule has 0 aromatic heterocycles. The summed E-state index contributed by atoms with van der Waals surface area (Å²) in [5.41, 5.74) is 0. The molecule has 0 saturated carbocycles. The van der Waals surface area contributed by atoms with Gasteiger partial charge in [0.25, 0.3) is 0 Å². The zero-order chi connectivity index (χ0) is 10.9. The molecule has 0 atom stereocenters. The van der Waals surface area contributed by atoms with Crippen LogP contribution in [-0.4, -0.2) is 28.4 Å². The van der Waals surface area contributed by atoms with E-state index in [1.54, 1.807) is 0 Å². The Kier molecular flexibility index (Phi) is 3.63. The summed E-state index contributed by atoms with van der Waals surface area (Å²) >= 11 is 0. The van der Waals surface area contributed by atoms with Crippen LogP contribution in [0.1, 0.15) is 0 Å². The molecular weight excluding hydrogens is 244 g/mol. The Hall–Kier alpha value is -0.420. The third-order valence-corrected chi connectivity index (χ3v) is 3.02. The van der Waals surface area contributed by atoms with Crippen LogP contribution in [0.3, 0.4) is 0 Å². The van der Waals surface area contributed by atoms with Crippen molar-refractivity contribution < 1.29 is 38.0 Å². The molecule has 0 aromatic carbocycles. The number of halogens is 4. The van der Waals surface area contributed by atoms with E-state index in [0.29, 0.717) is 0 Å². The van der Waals surface area contributed by atoms with Gasteiger partial charge in [-0.2, -0.15) is 34.4 Å². The van der Waals surface area contributed by atoms with Gasteiger partial charge in [0.2, 0.25) is 0 Å². The highest BCUT2D eigenvalue weighted by atomic mass is 32.3. The zero-order valence-electron chi connectivity index (χ0n) is 5.52. The Morgan fingerprint density at radius 2 is 1.00 bits per heavy atom. The van der Waals surface area contributed by atoms with Crippen LogP contribution >= 0.6 is 0 Å². The van der Waals surface area contributed by atoms with Crippen LogP contribution in [0.25, 0.3) is 0 Å². The molecule has 0 saturated heterocycles. The summed E-state index contributed by atoms with van der Waals surface area (Å²) in [6, 6.07) is 0. The lowest BCUT2D eigenvalue weighted by Crippen LogP contribution is -2.23. The van der Waals surface area contributed by atoms with Gasteiger partial charge in [0.1, 0.15) is 0 Å². The number of alkyl halides is 4. The van der Waals surface area contributed by atoms with Crippen molar-refractivity contribution in [1.82, 2.24) is 0 Å². The van der Waals surface area contributed by atoms with Gasteiger partial charge in [-0.3, -0.25) is 0 Å². The van der Waals surface area contributed by atoms with Crippen LogP contribution in [-0.2, 0) is 23.9 Å². The molecule has 0 N–H and O–H groups in total. The third-order valence-electron chi connectivity index (χ3n) is 0.626. The number of hydrogen-bond acceptors (Lipinski definition) is 5. The highest BCUT2D eigenvalue weighted by Crippen LogP contribution is 2.15. The van der Waals surface area contributed by atoms with Crippen molar-refractivity contribution in [3.63, 3.8) is 0 Å². The Morgan fingerprint density at radius 1 is 0.769 bits per heavy atom. The molecule has 0 heterocycles. The number of rotatable bonds is 4. The molecule has 0 radical (unpaired) electrons. The maximum Gasteiger partial charge on any atom is 0.362 e. The quantitative estimate of drug-likeness (QED) is 0.658. The van der Waals surface area contributed by atoms with Gasteiger partial charge >= 0.3 is 31.8 Å². The van der Waals surface area contributed by atoms with Gasteiger partial charge in [-0.15, -0.1) is 3.63 Å². The van der Waals surface area contributed by atoms with Gasteiger partial charge in [-0.1, -0.05) is 0 Å². The highest BCUT2D eigenvalue weighted by Gasteiger charge is 2.37.